The van der Waals surface area contributed by atoms with Crippen LogP contribution in [0.25, 0.3) is 0 Å². The monoisotopic (exact) mass is 256 g/mol. The number of anilines is 2. The Morgan fingerprint density at radius 1 is 1.16 bits per heavy atom. The van der Waals surface area contributed by atoms with Gasteiger partial charge in [-0.25, -0.2) is 0 Å². The predicted octanol–water partition coefficient (Wildman–Crippen LogP) is 2.84. The molecule has 0 unspecified atom stereocenters. The molecule has 4 N–H and O–H groups in total. The van der Waals surface area contributed by atoms with Gasteiger partial charge in [0, 0.05) is 5.56 Å². The lowest BCUT2D eigenvalue weighted by molar-refractivity contribution is 0.102. The lowest BCUT2D eigenvalue weighted by atomic mass is 10.1. The maximum Gasteiger partial charge on any atom is 0.255 e. The highest BCUT2D eigenvalue weighted by molar-refractivity contribution is 6.06. The number of rotatable bonds is 2. The third kappa shape index (κ3) is 2.85. The topological polar surface area (TPSA) is 75.3 Å². The summed E-state index contributed by atoms with van der Waals surface area (Å²) in [6.07, 6.45) is 0. The van der Waals surface area contributed by atoms with Crippen molar-refractivity contribution in [2.45, 2.75) is 13.8 Å². The Balaban J connectivity index is 2.25. The summed E-state index contributed by atoms with van der Waals surface area (Å²) in [4.78, 5) is 12.1. The van der Waals surface area contributed by atoms with E-state index in [1.807, 2.05) is 13.0 Å². The van der Waals surface area contributed by atoms with Crippen LogP contribution in [0.2, 0.25) is 0 Å². The fraction of sp³-hybridized carbons (Fsp3) is 0.133. The zero-order valence-corrected chi connectivity index (χ0v) is 10.9. The molecule has 1 amide bonds. The number of phenols is 1. The lowest BCUT2D eigenvalue weighted by Gasteiger charge is -2.09. The van der Waals surface area contributed by atoms with E-state index in [1.54, 1.807) is 31.2 Å². The van der Waals surface area contributed by atoms with E-state index < -0.39 is 0 Å². The maximum atomic E-state index is 12.1. The van der Waals surface area contributed by atoms with Gasteiger partial charge in [0.25, 0.3) is 5.91 Å². The quantitative estimate of drug-likeness (QED) is 0.723. The second-order valence-electron chi connectivity index (χ2n) is 4.55. The molecule has 0 aromatic heterocycles. The third-order valence-electron chi connectivity index (χ3n) is 2.93. The summed E-state index contributed by atoms with van der Waals surface area (Å²) in [6.45, 7) is 3.70. The van der Waals surface area contributed by atoms with Crippen LogP contribution in [-0.4, -0.2) is 11.0 Å². The number of nitrogens with one attached hydrogen (secondary N) is 1. The number of aryl methyl sites for hydroxylation is 2. The Labute approximate surface area is 111 Å². The highest BCUT2D eigenvalue weighted by atomic mass is 16.3. The van der Waals surface area contributed by atoms with Gasteiger partial charge in [-0.2, -0.15) is 0 Å². The number of carbonyl (C=O) groups excluding carboxylic acids is 1. The summed E-state index contributed by atoms with van der Waals surface area (Å²) < 4.78 is 0. The molecule has 0 radical (unpaired) electrons. The first-order valence-electron chi connectivity index (χ1n) is 5.94. The molecule has 0 atom stereocenters. The highest BCUT2D eigenvalue weighted by Gasteiger charge is 2.09. The van der Waals surface area contributed by atoms with Crippen LogP contribution < -0.4 is 11.1 Å². The van der Waals surface area contributed by atoms with Crippen molar-refractivity contribution in [3.63, 3.8) is 0 Å². The molecule has 0 spiro atoms. The fourth-order valence-electron chi connectivity index (χ4n) is 1.72. The second-order valence-corrected chi connectivity index (χ2v) is 4.55. The molecular weight excluding hydrogens is 240 g/mol. The number of hydrogen-bond acceptors (Lipinski definition) is 3. The van der Waals surface area contributed by atoms with Crippen molar-refractivity contribution in [1.82, 2.24) is 0 Å². The molecule has 0 aliphatic carbocycles. The number of nitrogen functional groups attached to an aromatic ring is 1. The molecule has 2 rings (SSSR count). The molecule has 0 fully saturated rings. The van der Waals surface area contributed by atoms with E-state index in [2.05, 4.69) is 5.32 Å². The third-order valence-corrected chi connectivity index (χ3v) is 2.93. The average molecular weight is 256 g/mol. The number of nitrogens with two attached hydrogens (primary N) is 1. The summed E-state index contributed by atoms with van der Waals surface area (Å²) in [5, 5.41) is 12.3. The summed E-state index contributed by atoms with van der Waals surface area (Å²) in [7, 11) is 0. The molecule has 0 aliphatic heterocycles. The average Bonchev–Trinajstić information content (AvgIpc) is 2.37. The van der Waals surface area contributed by atoms with Gasteiger partial charge < -0.3 is 16.2 Å². The minimum Gasteiger partial charge on any atom is -0.508 e. The smallest absolute Gasteiger partial charge is 0.255 e. The van der Waals surface area contributed by atoms with Gasteiger partial charge >= 0.3 is 0 Å². The molecule has 4 nitrogen and oxygen atoms in total. The molecular formula is C15H16N2O2. The molecule has 98 valence electrons. The number of benzene rings is 2. The van der Waals surface area contributed by atoms with Gasteiger partial charge in [-0.1, -0.05) is 12.1 Å². The SMILES string of the molecule is Cc1ccc(N)c(NC(=O)c2ccc(C)c(O)c2)c1. The summed E-state index contributed by atoms with van der Waals surface area (Å²) in [5.74, 6) is -0.197. The number of carbonyl (C=O) groups is 1. The van der Waals surface area contributed by atoms with Gasteiger partial charge in [-0.3, -0.25) is 4.79 Å². The second kappa shape index (κ2) is 5.02. The van der Waals surface area contributed by atoms with Crippen molar-refractivity contribution in [2.75, 3.05) is 11.1 Å². The predicted molar refractivity (Wildman–Crippen MR) is 76.4 cm³/mol. The van der Waals surface area contributed by atoms with Crippen molar-refractivity contribution < 1.29 is 9.90 Å². The molecule has 0 heterocycles. The molecule has 19 heavy (non-hydrogen) atoms. The van der Waals surface area contributed by atoms with Crippen molar-refractivity contribution in [1.29, 1.82) is 0 Å². The zero-order valence-electron chi connectivity index (χ0n) is 10.9. The Hall–Kier alpha value is -2.49. The van der Waals surface area contributed by atoms with Crippen LogP contribution in [0.4, 0.5) is 11.4 Å². The molecule has 0 saturated carbocycles. The van der Waals surface area contributed by atoms with Crippen LogP contribution in [0, 0.1) is 13.8 Å². The van der Waals surface area contributed by atoms with Gasteiger partial charge in [0.2, 0.25) is 0 Å². The van der Waals surface area contributed by atoms with Crippen LogP contribution in [-0.2, 0) is 0 Å². The van der Waals surface area contributed by atoms with E-state index in [0.717, 1.165) is 11.1 Å². The standard InChI is InChI=1S/C15H16N2O2/c1-9-3-6-12(16)13(7-9)17-15(19)11-5-4-10(2)14(18)8-11/h3-8,18H,16H2,1-2H3,(H,17,19). The van der Waals surface area contributed by atoms with Gasteiger partial charge in [0.05, 0.1) is 11.4 Å². The van der Waals surface area contributed by atoms with Crippen molar-refractivity contribution in [2.24, 2.45) is 0 Å². The van der Waals surface area contributed by atoms with Gasteiger partial charge in [-0.15, -0.1) is 0 Å². The van der Waals surface area contributed by atoms with E-state index in [-0.39, 0.29) is 11.7 Å². The van der Waals surface area contributed by atoms with E-state index in [1.165, 1.54) is 6.07 Å². The summed E-state index contributed by atoms with van der Waals surface area (Å²) in [6, 6.07) is 10.2. The number of phenolic OH excluding ortho intramolecular Hbond substituents is 1. The van der Waals surface area contributed by atoms with E-state index in [9.17, 15) is 9.90 Å². The van der Waals surface area contributed by atoms with Crippen molar-refractivity contribution in [3.8, 4) is 5.75 Å². The minimum atomic E-state index is -0.299. The van der Waals surface area contributed by atoms with Crippen LogP contribution >= 0.6 is 0 Å². The number of amides is 1. The van der Waals surface area contributed by atoms with E-state index in [0.29, 0.717) is 16.9 Å². The van der Waals surface area contributed by atoms with E-state index in [4.69, 9.17) is 5.73 Å². The Bertz CT molecular complexity index is 636. The van der Waals surface area contributed by atoms with Crippen LogP contribution in [0.1, 0.15) is 21.5 Å². The van der Waals surface area contributed by atoms with Crippen LogP contribution in [0.5, 0.6) is 5.75 Å². The minimum absolute atomic E-state index is 0.102. The highest BCUT2D eigenvalue weighted by Crippen LogP contribution is 2.22. The summed E-state index contributed by atoms with van der Waals surface area (Å²) >= 11 is 0. The molecule has 2 aromatic carbocycles. The summed E-state index contributed by atoms with van der Waals surface area (Å²) in [5.41, 5.74) is 9.02. The zero-order chi connectivity index (χ0) is 14.0. The van der Waals surface area contributed by atoms with Crippen LogP contribution in [0.15, 0.2) is 36.4 Å². The normalized spacial score (nSPS) is 10.2. The van der Waals surface area contributed by atoms with Crippen molar-refractivity contribution in [3.05, 3.63) is 53.1 Å². The maximum absolute atomic E-state index is 12.1. The fourth-order valence-corrected chi connectivity index (χ4v) is 1.72. The lowest BCUT2D eigenvalue weighted by Crippen LogP contribution is -2.13. The molecule has 4 heteroatoms. The van der Waals surface area contributed by atoms with Gasteiger partial charge in [0.15, 0.2) is 0 Å². The van der Waals surface area contributed by atoms with E-state index >= 15 is 0 Å². The Morgan fingerprint density at radius 3 is 2.58 bits per heavy atom. The molecule has 0 saturated heterocycles. The molecule has 2 aromatic rings. The largest absolute Gasteiger partial charge is 0.508 e. The van der Waals surface area contributed by atoms with Crippen molar-refractivity contribution >= 4 is 17.3 Å². The molecule has 0 bridgehead atoms. The first-order chi connectivity index (χ1) is 8.97. The number of hydrogen-bond donors (Lipinski definition) is 3. The number of aromatic hydroxyl groups is 1. The Morgan fingerprint density at radius 2 is 1.89 bits per heavy atom. The molecule has 0 aliphatic rings. The Kier molecular flexibility index (Phi) is 3.42. The van der Waals surface area contributed by atoms with Gasteiger partial charge in [-0.05, 0) is 49.2 Å². The van der Waals surface area contributed by atoms with Crippen LogP contribution in [0.3, 0.4) is 0 Å². The first kappa shape index (κ1) is 13.0. The first-order valence-corrected chi connectivity index (χ1v) is 5.94. The van der Waals surface area contributed by atoms with Gasteiger partial charge in [0.1, 0.15) is 5.75 Å².